The topological polar surface area (TPSA) is 108 Å². The standard InChI is InChI=1S/C34H35ClN4O5/c35-29-15-8-23(17-31(40)37-26-9-10-26)16-25(29)20-38(27-13-14-27)33(42)30-18-36-19-32(41)39(30)28-11-6-22(7-12-28)21-44-34(43)24-4-2-1-3-5-24/h1-8,11-12,15-16,26-27,30,36H,9-10,13-14,17-21H2,(H,37,40)/t30-/m1/s1. The molecular formula is C34H35ClN4O5. The number of anilines is 1. The number of esters is 1. The van der Waals surface area contributed by atoms with Crippen molar-refractivity contribution in [3.05, 3.63) is 100 Å². The van der Waals surface area contributed by atoms with Crippen LogP contribution in [0.2, 0.25) is 5.02 Å². The second-order valence-electron chi connectivity index (χ2n) is 11.7. The maximum absolute atomic E-state index is 14.1. The van der Waals surface area contributed by atoms with Gasteiger partial charge in [0.1, 0.15) is 12.6 Å². The summed E-state index contributed by atoms with van der Waals surface area (Å²) in [4.78, 5) is 55.4. The Hall–Kier alpha value is -4.21. The average Bonchev–Trinajstić information content (AvgIpc) is 3.97. The number of carbonyl (C=O) groups excluding carboxylic acids is 4. The molecule has 3 aliphatic rings. The van der Waals surface area contributed by atoms with Crippen molar-refractivity contribution in [1.82, 2.24) is 15.5 Å². The molecule has 1 heterocycles. The summed E-state index contributed by atoms with van der Waals surface area (Å²) in [5.74, 6) is -0.777. The van der Waals surface area contributed by atoms with E-state index < -0.39 is 12.0 Å². The first-order valence-corrected chi connectivity index (χ1v) is 15.4. The molecule has 228 valence electrons. The fraction of sp³-hybridized carbons (Fsp3) is 0.353. The summed E-state index contributed by atoms with van der Waals surface area (Å²) in [6.07, 6.45) is 4.09. The minimum Gasteiger partial charge on any atom is -0.457 e. The van der Waals surface area contributed by atoms with Crippen molar-refractivity contribution in [3.8, 4) is 0 Å². The molecular weight excluding hydrogens is 580 g/mol. The number of rotatable bonds is 11. The SMILES string of the molecule is O=C(Cc1ccc(Cl)c(CN(C(=O)[C@H]2CNCC(=O)N2c2ccc(COC(=O)c3ccccc3)cc2)C2CC2)c1)NC1CC1. The smallest absolute Gasteiger partial charge is 0.338 e. The van der Waals surface area contributed by atoms with Gasteiger partial charge in [0.15, 0.2) is 0 Å². The van der Waals surface area contributed by atoms with Gasteiger partial charge in [-0.05, 0) is 72.7 Å². The van der Waals surface area contributed by atoms with Crippen LogP contribution in [-0.4, -0.2) is 59.8 Å². The Kier molecular flexibility index (Phi) is 8.95. The van der Waals surface area contributed by atoms with Crippen molar-refractivity contribution < 1.29 is 23.9 Å². The average molecular weight is 615 g/mol. The zero-order chi connectivity index (χ0) is 30.6. The molecule has 6 rings (SSSR count). The molecule has 3 aromatic carbocycles. The lowest BCUT2D eigenvalue weighted by molar-refractivity contribution is -0.136. The van der Waals surface area contributed by atoms with E-state index in [2.05, 4.69) is 10.6 Å². The lowest BCUT2D eigenvalue weighted by atomic mass is 10.1. The number of nitrogens with one attached hydrogen (secondary N) is 2. The van der Waals surface area contributed by atoms with Gasteiger partial charge < -0.3 is 20.3 Å². The maximum Gasteiger partial charge on any atom is 0.338 e. The Bertz CT molecular complexity index is 1540. The highest BCUT2D eigenvalue weighted by atomic mass is 35.5. The summed E-state index contributed by atoms with van der Waals surface area (Å²) < 4.78 is 5.44. The van der Waals surface area contributed by atoms with Gasteiger partial charge in [0.25, 0.3) is 0 Å². The van der Waals surface area contributed by atoms with E-state index in [0.717, 1.165) is 42.4 Å². The van der Waals surface area contributed by atoms with Crippen molar-refractivity contribution in [2.24, 2.45) is 0 Å². The summed E-state index contributed by atoms with van der Waals surface area (Å²) in [6, 6.07) is 21.1. The minimum absolute atomic E-state index is 0.0151. The van der Waals surface area contributed by atoms with E-state index in [9.17, 15) is 19.2 Å². The number of ether oxygens (including phenoxy) is 1. The highest BCUT2D eigenvalue weighted by Gasteiger charge is 2.41. The maximum atomic E-state index is 14.1. The number of piperazine rings is 1. The van der Waals surface area contributed by atoms with E-state index in [1.54, 1.807) is 59.5 Å². The Labute approximate surface area is 261 Å². The summed E-state index contributed by atoms with van der Waals surface area (Å²) in [6.45, 7) is 0.827. The molecule has 2 saturated carbocycles. The van der Waals surface area contributed by atoms with Crippen LogP contribution >= 0.6 is 11.6 Å². The summed E-state index contributed by atoms with van der Waals surface area (Å²) in [5.41, 5.74) is 3.47. The molecule has 3 amide bonds. The Balaban J connectivity index is 1.15. The monoisotopic (exact) mass is 614 g/mol. The van der Waals surface area contributed by atoms with E-state index in [-0.39, 0.29) is 43.3 Å². The molecule has 0 spiro atoms. The van der Waals surface area contributed by atoms with Crippen LogP contribution in [0, 0.1) is 0 Å². The van der Waals surface area contributed by atoms with Crippen molar-refractivity contribution in [2.75, 3.05) is 18.0 Å². The summed E-state index contributed by atoms with van der Waals surface area (Å²) >= 11 is 6.58. The van der Waals surface area contributed by atoms with Gasteiger partial charge in [-0.3, -0.25) is 19.3 Å². The van der Waals surface area contributed by atoms with Gasteiger partial charge in [0, 0.05) is 35.9 Å². The van der Waals surface area contributed by atoms with E-state index >= 15 is 0 Å². The number of halogens is 1. The first-order valence-electron chi connectivity index (χ1n) is 15.1. The van der Waals surface area contributed by atoms with Gasteiger partial charge in [0.2, 0.25) is 17.7 Å². The highest BCUT2D eigenvalue weighted by molar-refractivity contribution is 6.31. The van der Waals surface area contributed by atoms with Gasteiger partial charge in [-0.25, -0.2) is 4.79 Å². The van der Waals surface area contributed by atoms with E-state index in [0.29, 0.717) is 35.4 Å². The van der Waals surface area contributed by atoms with Crippen molar-refractivity contribution in [3.63, 3.8) is 0 Å². The first kappa shape index (κ1) is 29.8. The zero-order valence-corrected chi connectivity index (χ0v) is 25.1. The molecule has 3 fully saturated rings. The molecule has 1 aliphatic heterocycles. The molecule has 9 nitrogen and oxygen atoms in total. The molecule has 1 saturated heterocycles. The molecule has 3 aromatic rings. The van der Waals surface area contributed by atoms with Crippen LogP contribution < -0.4 is 15.5 Å². The molecule has 0 radical (unpaired) electrons. The Morgan fingerprint density at radius 1 is 0.955 bits per heavy atom. The van der Waals surface area contributed by atoms with Crippen molar-refractivity contribution in [1.29, 1.82) is 0 Å². The number of hydrogen-bond donors (Lipinski definition) is 2. The third-order valence-electron chi connectivity index (χ3n) is 8.10. The number of benzene rings is 3. The van der Waals surface area contributed by atoms with Crippen LogP contribution in [0.5, 0.6) is 0 Å². The van der Waals surface area contributed by atoms with Gasteiger partial charge in [-0.1, -0.05) is 54.1 Å². The molecule has 1 atom stereocenters. The van der Waals surface area contributed by atoms with Gasteiger partial charge in [-0.15, -0.1) is 0 Å². The summed E-state index contributed by atoms with van der Waals surface area (Å²) in [5, 5.41) is 6.64. The molecule has 44 heavy (non-hydrogen) atoms. The fourth-order valence-corrected chi connectivity index (χ4v) is 5.62. The lowest BCUT2D eigenvalue weighted by Gasteiger charge is -2.38. The van der Waals surface area contributed by atoms with E-state index in [1.807, 2.05) is 23.1 Å². The normalized spacial score (nSPS) is 18.1. The largest absolute Gasteiger partial charge is 0.457 e. The van der Waals surface area contributed by atoms with Crippen molar-refractivity contribution in [2.45, 2.75) is 63.4 Å². The highest BCUT2D eigenvalue weighted by Crippen LogP contribution is 2.32. The van der Waals surface area contributed by atoms with Crippen LogP contribution in [-0.2, 0) is 38.7 Å². The van der Waals surface area contributed by atoms with Gasteiger partial charge in [-0.2, -0.15) is 0 Å². The number of carbonyl (C=O) groups is 4. The third kappa shape index (κ3) is 7.29. The second kappa shape index (κ2) is 13.2. The zero-order valence-electron chi connectivity index (χ0n) is 24.3. The minimum atomic E-state index is -0.732. The number of hydrogen-bond acceptors (Lipinski definition) is 6. The Morgan fingerprint density at radius 2 is 1.68 bits per heavy atom. The van der Waals surface area contributed by atoms with Gasteiger partial charge in [0.05, 0.1) is 18.5 Å². The molecule has 10 heteroatoms. The van der Waals surface area contributed by atoms with E-state index in [1.165, 1.54) is 0 Å². The van der Waals surface area contributed by atoms with Crippen LogP contribution in [0.15, 0.2) is 72.8 Å². The molecule has 0 bridgehead atoms. The number of amides is 3. The van der Waals surface area contributed by atoms with Crippen LogP contribution in [0.4, 0.5) is 5.69 Å². The Morgan fingerprint density at radius 3 is 2.39 bits per heavy atom. The summed E-state index contributed by atoms with van der Waals surface area (Å²) in [7, 11) is 0. The first-order chi connectivity index (χ1) is 21.4. The fourth-order valence-electron chi connectivity index (χ4n) is 5.45. The number of nitrogens with zero attached hydrogens (tertiary/aromatic N) is 2. The lowest BCUT2D eigenvalue weighted by Crippen LogP contribution is -2.61. The molecule has 0 aromatic heterocycles. The van der Waals surface area contributed by atoms with Crippen LogP contribution in [0.1, 0.15) is 52.7 Å². The van der Waals surface area contributed by atoms with Crippen LogP contribution in [0.3, 0.4) is 0 Å². The molecule has 0 unspecified atom stereocenters. The third-order valence-corrected chi connectivity index (χ3v) is 8.47. The predicted molar refractivity (Wildman–Crippen MR) is 166 cm³/mol. The van der Waals surface area contributed by atoms with Gasteiger partial charge >= 0.3 is 5.97 Å². The van der Waals surface area contributed by atoms with Crippen LogP contribution in [0.25, 0.3) is 0 Å². The van der Waals surface area contributed by atoms with E-state index in [4.69, 9.17) is 16.3 Å². The van der Waals surface area contributed by atoms with Crippen molar-refractivity contribution >= 4 is 41.0 Å². The predicted octanol–water partition coefficient (Wildman–Crippen LogP) is 4.01. The molecule has 2 aliphatic carbocycles. The molecule has 2 N–H and O–H groups in total. The quantitative estimate of drug-likeness (QED) is 0.316. The second-order valence-corrected chi connectivity index (χ2v) is 12.1.